The zero-order chi connectivity index (χ0) is 16.3. The molecule has 0 amide bonds. The smallest absolute Gasteiger partial charge is 0.00177 e. The number of benzene rings is 5. The Morgan fingerprint density at radius 3 is 1.83 bits per heavy atom. The van der Waals surface area contributed by atoms with Crippen molar-refractivity contribution in [2.45, 2.75) is 13.8 Å². The summed E-state index contributed by atoms with van der Waals surface area (Å²) in [6, 6.07) is 26.6. The zero-order valence-electron chi connectivity index (χ0n) is 13.9. The minimum Gasteiger partial charge on any atom is -0.0616 e. The molecule has 0 radical (unpaired) electrons. The van der Waals surface area contributed by atoms with Crippen LogP contribution in [-0.2, 0) is 0 Å². The van der Waals surface area contributed by atoms with Gasteiger partial charge in [0.2, 0.25) is 0 Å². The minimum atomic E-state index is 1.31. The highest BCUT2D eigenvalue weighted by atomic mass is 14.2. The van der Waals surface area contributed by atoms with Crippen LogP contribution in [0.15, 0.2) is 72.8 Å². The highest BCUT2D eigenvalue weighted by Gasteiger charge is 2.12. The lowest BCUT2D eigenvalue weighted by molar-refractivity contribution is 1.42. The maximum Gasteiger partial charge on any atom is -0.00177 e. The van der Waals surface area contributed by atoms with Crippen LogP contribution in [0.1, 0.15) is 11.1 Å². The van der Waals surface area contributed by atoms with Gasteiger partial charge in [-0.1, -0.05) is 72.8 Å². The summed E-state index contributed by atoms with van der Waals surface area (Å²) in [7, 11) is 0. The van der Waals surface area contributed by atoms with E-state index in [1.54, 1.807) is 0 Å². The summed E-state index contributed by atoms with van der Waals surface area (Å²) in [6.45, 7) is 4.49. The Bertz CT molecular complexity index is 1260. The van der Waals surface area contributed by atoms with Crippen molar-refractivity contribution in [3.8, 4) is 0 Å². The highest BCUT2D eigenvalue weighted by Crippen LogP contribution is 2.39. The van der Waals surface area contributed by atoms with E-state index in [0.29, 0.717) is 0 Å². The van der Waals surface area contributed by atoms with Crippen LogP contribution in [0.25, 0.3) is 43.1 Å². The zero-order valence-corrected chi connectivity index (χ0v) is 13.9. The topological polar surface area (TPSA) is 0 Å². The van der Waals surface area contributed by atoms with E-state index in [1.165, 1.54) is 54.2 Å². The van der Waals surface area contributed by atoms with Gasteiger partial charge in [0.1, 0.15) is 0 Å². The van der Waals surface area contributed by atoms with Gasteiger partial charge in [0.25, 0.3) is 0 Å². The van der Waals surface area contributed by atoms with Crippen LogP contribution >= 0.6 is 0 Å². The molecular weight excluding hydrogens is 288 g/mol. The van der Waals surface area contributed by atoms with Gasteiger partial charge in [0.15, 0.2) is 0 Å². The molecular formula is C24H18. The molecule has 0 heterocycles. The molecule has 0 heteroatoms. The van der Waals surface area contributed by atoms with Gasteiger partial charge in [-0.2, -0.15) is 0 Å². The summed E-state index contributed by atoms with van der Waals surface area (Å²) >= 11 is 0. The molecule has 0 nitrogen and oxygen atoms in total. The maximum absolute atomic E-state index is 2.29. The lowest BCUT2D eigenvalue weighted by Crippen LogP contribution is -1.90. The Kier molecular flexibility index (Phi) is 2.72. The molecule has 0 unspecified atom stereocenters. The van der Waals surface area contributed by atoms with Crippen LogP contribution in [-0.4, -0.2) is 0 Å². The Labute approximate surface area is 141 Å². The lowest BCUT2D eigenvalue weighted by atomic mass is 9.88. The molecule has 0 atom stereocenters. The lowest BCUT2D eigenvalue weighted by Gasteiger charge is -2.15. The molecule has 114 valence electrons. The summed E-state index contributed by atoms with van der Waals surface area (Å²) in [4.78, 5) is 0. The molecule has 0 aliphatic carbocycles. The summed E-state index contributed by atoms with van der Waals surface area (Å²) in [5.74, 6) is 0. The molecule has 0 spiro atoms. The molecule has 5 aromatic carbocycles. The number of hydrogen-bond donors (Lipinski definition) is 0. The van der Waals surface area contributed by atoms with E-state index in [9.17, 15) is 0 Å². The third-order valence-electron chi connectivity index (χ3n) is 5.48. The first-order chi connectivity index (χ1) is 11.8. The number of fused-ring (bicyclic) bond motifs is 7. The third-order valence-corrected chi connectivity index (χ3v) is 5.48. The van der Waals surface area contributed by atoms with Gasteiger partial charge < -0.3 is 0 Å². The van der Waals surface area contributed by atoms with Gasteiger partial charge in [-0.3, -0.25) is 0 Å². The van der Waals surface area contributed by atoms with Crippen LogP contribution in [0.2, 0.25) is 0 Å². The first-order valence-corrected chi connectivity index (χ1v) is 8.48. The highest BCUT2D eigenvalue weighted by molar-refractivity contribution is 6.28. The molecule has 0 N–H and O–H groups in total. The molecule has 0 aliphatic heterocycles. The van der Waals surface area contributed by atoms with Crippen LogP contribution in [0, 0.1) is 13.8 Å². The first-order valence-electron chi connectivity index (χ1n) is 8.48. The molecule has 0 bridgehead atoms. The van der Waals surface area contributed by atoms with Gasteiger partial charge in [-0.05, 0) is 68.1 Å². The van der Waals surface area contributed by atoms with Crippen molar-refractivity contribution >= 4 is 43.1 Å². The second-order valence-corrected chi connectivity index (χ2v) is 6.67. The minimum absolute atomic E-state index is 1.31. The van der Waals surface area contributed by atoms with Crippen molar-refractivity contribution in [3.63, 3.8) is 0 Å². The molecule has 0 saturated carbocycles. The van der Waals surface area contributed by atoms with Crippen molar-refractivity contribution in [3.05, 3.63) is 83.9 Å². The second-order valence-electron chi connectivity index (χ2n) is 6.67. The molecule has 0 saturated heterocycles. The van der Waals surface area contributed by atoms with Crippen molar-refractivity contribution in [2.75, 3.05) is 0 Å². The summed E-state index contributed by atoms with van der Waals surface area (Å²) in [6.07, 6.45) is 0. The van der Waals surface area contributed by atoms with Gasteiger partial charge in [-0.15, -0.1) is 0 Å². The van der Waals surface area contributed by atoms with E-state index in [0.717, 1.165) is 0 Å². The average molecular weight is 306 g/mol. The van der Waals surface area contributed by atoms with E-state index in [1.807, 2.05) is 0 Å². The van der Waals surface area contributed by atoms with Gasteiger partial charge >= 0.3 is 0 Å². The molecule has 0 fully saturated rings. The summed E-state index contributed by atoms with van der Waals surface area (Å²) in [5, 5.41) is 10.8. The average Bonchev–Trinajstić information content (AvgIpc) is 2.65. The van der Waals surface area contributed by atoms with E-state index in [-0.39, 0.29) is 0 Å². The van der Waals surface area contributed by atoms with Gasteiger partial charge in [-0.25, -0.2) is 0 Å². The molecule has 24 heavy (non-hydrogen) atoms. The Morgan fingerprint density at radius 1 is 0.417 bits per heavy atom. The van der Waals surface area contributed by atoms with Gasteiger partial charge in [0.05, 0.1) is 0 Å². The molecule has 5 aromatic rings. The number of hydrogen-bond acceptors (Lipinski definition) is 0. The monoisotopic (exact) mass is 306 g/mol. The van der Waals surface area contributed by atoms with E-state index in [4.69, 9.17) is 0 Å². The summed E-state index contributed by atoms with van der Waals surface area (Å²) < 4.78 is 0. The molecule has 0 aromatic heterocycles. The van der Waals surface area contributed by atoms with Crippen molar-refractivity contribution in [2.24, 2.45) is 0 Å². The fraction of sp³-hybridized carbons (Fsp3) is 0.0833. The Morgan fingerprint density at radius 2 is 1.00 bits per heavy atom. The predicted octanol–water partition coefficient (Wildman–Crippen LogP) is 6.92. The van der Waals surface area contributed by atoms with E-state index in [2.05, 4.69) is 86.6 Å². The third kappa shape index (κ3) is 1.68. The quantitative estimate of drug-likeness (QED) is 0.272. The predicted molar refractivity (Wildman–Crippen MR) is 106 cm³/mol. The van der Waals surface area contributed by atoms with Gasteiger partial charge in [0, 0.05) is 0 Å². The fourth-order valence-electron chi connectivity index (χ4n) is 4.12. The van der Waals surface area contributed by atoms with Crippen molar-refractivity contribution < 1.29 is 0 Å². The Balaban J connectivity index is 2.22. The van der Waals surface area contributed by atoms with Crippen LogP contribution in [0.3, 0.4) is 0 Å². The molecule has 5 rings (SSSR count). The molecule has 0 aliphatic rings. The second kappa shape index (κ2) is 4.82. The van der Waals surface area contributed by atoms with Crippen LogP contribution in [0.4, 0.5) is 0 Å². The fourth-order valence-corrected chi connectivity index (χ4v) is 4.12. The van der Waals surface area contributed by atoms with Crippen molar-refractivity contribution in [1.82, 2.24) is 0 Å². The van der Waals surface area contributed by atoms with Crippen LogP contribution in [0.5, 0.6) is 0 Å². The standard InChI is InChI=1S/C24H18/c1-15-16(2)20-14-13-18-12-11-17-7-3-4-9-21(17)23(18)24(20)22-10-6-5-8-19(15)22/h3-14H,1-2H3. The van der Waals surface area contributed by atoms with Crippen molar-refractivity contribution in [1.29, 1.82) is 0 Å². The Hall–Kier alpha value is -2.86. The number of aryl methyl sites for hydroxylation is 2. The largest absolute Gasteiger partial charge is 0.0616 e. The first kappa shape index (κ1) is 13.6. The summed E-state index contributed by atoms with van der Waals surface area (Å²) in [5.41, 5.74) is 2.77. The number of rotatable bonds is 0. The van der Waals surface area contributed by atoms with E-state index < -0.39 is 0 Å². The van der Waals surface area contributed by atoms with Crippen LogP contribution < -0.4 is 0 Å². The normalized spacial score (nSPS) is 11.8. The SMILES string of the molecule is Cc1c(C)c2ccc3ccc4ccccc4c3c2c2ccccc12. The maximum atomic E-state index is 2.29. The van der Waals surface area contributed by atoms with E-state index >= 15 is 0 Å².